The Labute approximate surface area is 377 Å². The van der Waals surface area contributed by atoms with Gasteiger partial charge < -0.3 is 10.1 Å². The lowest BCUT2D eigenvalue weighted by atomic mass is 9.81. The van der Waals surface area contributed by atoms with Gasteiger partial charge in [0.25, 0.3) is 5.92 Å². The first-order chi connectivity index (χ1) is 30.8. The van der Waals surface area contributed by atoms with Gasteiger partial charge in [-0.05, 0) is 74.9 Å². The molecule has 4 heterocycles. The van der Waals surface area contributed by atoms with E-state index in [0.717, 1.165) is 24.5 Å². The number of pyridine rings is 1. The zero-order valence-corrected chi connectivity index (χ0v) is 37.2. The predicted molar refractivity (Wildman–Crippen MR) is 227 cm³/mol. The average Bonchev–Trinajstić information content (AvgIpc) is 3.84. The fourth-order valence-corrected chi connectivity index (χ4v) is 11.1. The molecule has 2 N–H and O–H groups in total. The highest BCUT2D eigenvalue weighted by molar-refractivity contribution is 7.93. The SMILES string of the molecule is CC(C)(C#Cc1ccc(-c2ccc(Cl)c3c(NS(C)(=O)=O)nn(C4COC4)c23)c([C@H](Cc2cc(F)cc(F)c2)NC(=O)Cn2nc(C(F)(F)F)c3c2C(F)(F)[C@@H]2C=C[C@H]32)n1)S(=O)(=O)C1CC1. The van der Waals surface area contributed by atoms with E-state index in [9.17, 15) is 43.6 Å². The Kier molecular flexibility index (Phi) is 10.9. The molecule has 4 aliphatic rings. The number of nitrogens with one attached hydrogen (secondary N) is 2. The minimum Gasteiger partial charge on any atom is -0.377 e. The number of halogens is 8. The van der Waals surface area contributed by atoms with Gasteiger partial charge in [0, 0.05) is 28.7 Å². The van der Waals surface area contributed by atoms with Crippen molar-refractivity contribution in [2.45, 2.75) is 79.8 Å². The third-order valence-electron chi connectivity index (χ3n) is 12.0. The van der Waals surface area contributed by atoms with E-state index < -0.39 is 113 Å². The number of fused-ring (bicyclic) bond motifs is 4. The number of anilines is 1. The smallest absolute Gasteiger partial charge is 0.377 e. The Bertz CT molecular complexity index is 3170. The normalized spacial score (nSPS) is 19.6. The van der Waals surface area contributed by atoms with E-state index in [1.54, 1.807) is 6.07 Å². The van der Waals surface area contributed by atoms with Crippen LogP contribution < -0.4 is 10.0 Å². The number of aromatic nitrogens is 5. The van der Waals surface area contributed by atoms with Crippen molar-refractivity contribution in [3.63, 3.8) is 0 Å². The van der Waals surface area contributed by atoms with Crippen LogP contribution in [-0.4, -0.2) is 76.8 Å². The highest BCUT2D eigenvalue weighted by Gasteiger charge is 2.61. The van der Waals surface area contributed by atoms with Gasteiger partial charge in [0.15, 0.2) is 21.3 Å². The van der Waals surface area contributed by atoms with Crippen LogP contribution in [-0.2, 0) is 54.5 Å². The third kappa shape index (κ3) is 8.10. The molecular formula is C43H37ClF7N7O6S2. The van der Waals surface area contributed by atoms with Crippen molar-refractivity contribution in [3.8, 4) is 23.0 Å². The summed E-state index contributed by atoms with van der Waals surface area (Å²) in [6, 6.07) is 6.51. The molecule has 66 heavy (non-hydrogen) atoms. The van der Waals surface area contributed by atoms with Gasteiger partial charge in [0.05, 0.1) is 64.3 Å². The molecule has 1 amide bonds. The van der Waals surface area contributed by atoms with Crippen LogP contribution in [0.1, 0.15) is 78.6 Å². The number of allylic oxidation sites excluding steroid dienone is 2. The van der Waals surface area contributed by atoms with Crippen molar-refractivity contribution in [3.05, 3.63) is 105 Å². The summed E-state index contributed by atoms with van der Waals surface area (Å²) in [5.41, 5.74) is -2.92. The predicted octanol–water partition coefficient (Wildman–Crippen LogP) is 7.37. The summed E-state index contributed by atoms with van der Waals surface area (Å²) in [4.78, 5) is 19.0. The number of amides is 1. The third-order valence-corrected chi connectivity index (χ3v) is 15.7. The molecule has 1 aliphatic heterocycles. The van der Waals surface area contributed by atoms with Crippen molar-refractivity contribution in [2.24, 2.45) is 5.92 Å². The van der Waals surface area contributed by atoms with Crippen molar-refractivity contribution >= 4 is 54.1 Å². The number of ether oxygens (including phenoxy) is 1. The van der Waals surface area contributed by atoms with E-state index in [1.165, 1.54) is 42.8 Å². The molecular weight excluding hydrogens is 943 g/mol. The van der Waals surface area contributed by atoms with Crippen LogP contribution in [0.2, 0.25) is 5.02 Å². The van der Waals surface area contributed by atoms with E-state index in [2.05, 4.69) is 32.1 Å². The molecule has 1 saturated carbocycles. The molecule has 5 aromatic rings. The molecule has 0 unspecified atom stereocenters. The van der Waals surface area contributed by atoms with Gasteiger partial charge in [-0.2, -0.15) is 32.1 Å². The Morgan fingerprint density at radius 2 is 1.68 bits per heavy atom. The lowest BCUT2D eigenvalue weighted by Gasteiger charge is -2.28. The van der Waals surface area contributed by atoms with Crippen molar-refractivity contribution in [2.75, 3.05) is 24.2 Å². The van der Waals surface area contributed by atoms with Gasteiger partial charge in [0.1, 0.15) is 34.3 Å². The van der Waals surface area contributed by atoms with Gasteiger partial charge in [-0.15, -0.1) is 0 Å². The first kappa shape index (κ1) is 45.6. The fraction of sp³-hybridized carbons (Fsp3) is 0.395. The molecule has 9 rings (SSSR count). The van der Waals surface area contributed by atoms with E-state index in [-0.39, 0.29) is 63.0 Å². The summed E-state index contributed by atoms with van der Waals surface area (Å²) in [7, 11) is -7.66. The molecule has 3 aliphatic carbocycles. The van der Waals surface area contributed by atoms with Gasteiger partial charge in [-0.25, -0.2) is 30.6 Å². The van der Waals surface area contributed by atoms with Crippen LogP contribution in [0.4, 0.5) is 36.6 Å². The van der Waals surface area contributed by atoms with Gasteiger partial charge in [0.2, 0.25) is 15.9 Å². The zero-order chi connectivity index (χ0) is 47.5. The monoisotopic (exact) mass is 979 g/mol. The zero-order valence-electron chi connectivity index (χ0n) is 34.9. The molecule has 0 radical (unpaired) electrons. The number of benzene rings is 2. The molecule has 2 fully saturated rings. The van der Waals surface area contributed by atoms with E-state index in [4.69, 9.17) is 21.3 Å². The van der Waals surface area contributed by atoms with E-state index >= 15 is 8.78 Å². The number of nitrogens with zero attached hydrogens (tertiary/aromatic N) is 5. The molecule has 23 heteroatoms. The lowest BCUT2D eigenvalue weighted by molar-refractivity contribution is -0.142. The summed E-state index contributed by atoms with van der Waals surface area (Å²) >= 11 is 6.73. The quantitative estimate of drug-likeness (QED) is 0.0738. The second kappa shape index (κ2) is 15.8. The second-order valence-electron chi connectivity index (χ2n) is 17.2. The number of rotatable bonds is 12. The summed E-state index contributed by atoms with van der Waals surface area (Å²) in [5, 5.41) is 10.3. The summed E-state index contributed by atoms with van der Waals surface area (Å²) in [5.74, 6) is -4.42. The molecule has 348 valence electrons. The Morgan fingerprint density at radius 1 is 1.00 bits per heavy atom. The first-order valence-electron chi connectivity index (χ1n) is 20.4. The lowest BCUT2D eigenvalue weighted by Crippen LogP contribution is -2.36. The topological polar surface area (TPSA) is 167 Å². The fourth-order valence-electron chi connectivity index (χ4n) is 8.59. The number of sulfonamides is 1. The van der Waals surface area contributed by atoms with Gasteiger partial charge in [-0.1, -0.05) is 35.7 Å². The number of hydrogen-bond donors (Lipinski definition) is 2. The Morgan fingerprint density at radius 3 is 2.27 bits per heavy atom. The maximum Gasteiger partial charge on any atom is 0.435 e. The van der Waals surface area contributed by atoms with Crippen LogP contribution in [0.3, 0.4) is 0 Å². The van der Waals surface area contributed by atoms with Crippen LogP contribution in [0.25, 0.3) is 22.0 Å². The van der Waals surface area contributed by atoms with E-state index in [0.29, 0.717) is 23.6 Å². The number of alkyl halides is 5. The van der Waals surface area contributed by atoms with Crippen LogP contribution in [0, 0.1) is 29.4 Å². The van der Waals surface area contributed by atoms with Gasteiger partial charge >= 0.3 is 6.18 Å². The number of hydrogen-bond acceptors (Lipinski definition) is 9. The second-order valence-corrected chi connectivity index (χ2v) is 22.2. The van der Waals surface area contributed by atoms with Crippen LogP contribution >= 0.6 is 11.6 Å². The maximum absolute atomic E-state index is 15.8. The van der Waals surface area contributed by atoms with Crippen molar-refractivity contribution in [1.82, 2.24) is 29.9 Å². The highest BCUT2D eigenvalue weighted by atomic mass is 35.5. The van der Waals surface area contributed by atoms with Gasteiger partial charge in [-0.3, -0.25) is 18.9 Å². The average molecular weight is 980 g/mol. The molecule has 2 aromatic carbocycles. The van der Waals surface area contributed by atoms with Crippen molar-refractivity contribution < 1.29 is 57.1 Å². The first-order valence-corrected chi connectivity index (χ1v) is 24.2. The highest BCUT2D eigenvalue weighted by Crippen LogP contribution is 2.60. The number of carbonyl (C=O) groups is 1. The minimum atomic E-state index is -5.16. The standard InChI is InChI=1S/C43H37ClF7N7O6S2/c1-41(2,66(62,63)26-5-6-26)13-12-24-4-7-27(28-9-11-31(44)35-37(28)58(25-19-64-20-25)55-40(35)56-65(3,60)61)36(52-24)32(16-21-14-22(45)17-23(46)15-21)53-33(59)18-57-39-34(38(54-57)43(49,50)51)29-8-10-30(29)42(39,47)48/h4,7-11,14-15,17,25-26,29-30,32H,5-6,16,18-20H2,1-3H3,(H,53,59)(H,55,56)/t29-,30+,32-/m0/s1. The minimum absolute atomic E-state index is 0.0506. The Balaban J connectivity index is 1.22. The Hall–Kier alpha value is -5.50. The summed E-state index contributed by atoms with van der Waals surface area (Å²) < 4.78 is 164. The molecule has 3 atom stereocenters. The summed E-state index contributed by atoms with van der Waals surface area (Å²) in [6.45, 7) is 2.03. The maximum atomic E-state index is 15.8. The number of sulfone groups is 1. The van der Waals surface area contributed by atoms with Crippen LogP contribution in [0.15, 0.2) is 54.6 Å². The molecule has 1 saturated heterocycles. The van der Waals surface area contributed by atoms with Crippen molar-refractivity contribution in [1.29, 1.82) is 0 Å². The van der Waals surface area contributed by atoms with Crippen LogP contribution in [0.5, 0.6) is 0 Å². The number of carbonyl (C=O) groups excluding carboxylic acids is 1. The molecule has 0 spiro atoms. The largest absolute Gasteiger partial charge is 0.435 e. The molecule has 0 bridgehead atoms. The van der Waals surface area contributed by atoms with E-state index in [1.807, 2.05) is 0 Å². The summed E-state index contributed by atoms with van der Waals surface area (Å²) in [6.07, 6.45) is -1.47. The molecule has 13 nitrogen and oxygen atoms in total. The molecule has 3 aromatic heterocycles.